The van der Waals surface area contributed by atoms with Crippen LogP contribution in [0, 0.1) is 6.07 Å². The van der Waals surface area contributed by atoms with E-state index in [4.69, 9.17) is 9.52 Å². The summed E-state index contributed by atoms with van der Waals surface area (Å²) in [5.41, 5.74) is 2.37. The molecule has 0 fully saturated rings. The molecule has 3 aromatic rings. The van der Waals surface area contributed by atoms with Crippen LogP contribution in [0.5, 0.6) is 0 Å². The van der Waals surface area contributed by atoms with Crippen molar-refractivity contribution in [2.45, 2.75) is 13.8 Å². The van der Waals surface area contributed by atoms with Crippen molar-refractivity contribution in [2.24, 2.45) is 0 Å². The first-order valence-corrected chi connectivity index (χ1v) is 7.97. The Morgan fingerprint density at radius 3 is 2.70 bits per heavy atom. The molecule has 0 saturated heterocycles. The fraction of sp³-hybridized carbons (Fsp3) is 0.150. The van der Waals surface area contributed by atoms with Gasteiger partial charge in [-0.2, -0.15) is 6.07 Å². The van der Waals surface area contributed by atoms with Gasteiger partial charge in [0.25, 0.3) is 6.20 Å². The molecule has 1 aliphatic heterocycles. The molecule has 1 aromatic carbocycles. The van der Waals surface area contributed by atoms with E-state index in [1.54, 1.807) is 6.20 Å². The fourth-order valence-corrected chi connectivity index (χ4v) is 2.51. The maximum Gasteiger partial charge on any atom is 0.493 e. The van der Waals surface area contributed by atoms with Crippen LogP contribution in [0.25, 0.3) is 22.1 Å². The second-order valence-electron chi connectivity index (χ2n) is 5.83. The predicted octanol–water partition coefficient (Wildman–Crippen LogP) is 3.76. The molecule has 0 saturated carbocycles. The Hall–Kier alpha value is -2.85. The van der Waals surface area contributed by atoms with Gasteiger partial charge in [-0.05, 0) is 25.3 Å². The molecule has 139 valence electrons. The number of ketones is 1. The Kier molecular flexibility index (Phi) is 6.59. The molecule has 0 bridgehead atoms. The van der Waals surface area contributed by atoms with Gasteiger partial charge in [-0.3, -0.25) is 4.79 Å². The van der Waals surface area contributed by atoms with Crippen molar-refractivity contribution in [1.29, 1.82) is 0 Å². The molecule has 0 atom stereocenters. The van der Waals surface area contributed by atoms with E-state index in [0.717, 1.165) is 22.0 Å². The number of hydrogen-bond acceptors (Lipinski definition) is 4. The molecule has 1 aliphatic rings. The van der Waals surface area contributed by atoms with Gasteiger partial charge in [0.2, 0.25) is 11.9 Å². The molecule has 0 spiro atoms. The summed E-state index contributed by atoms with van der Waals surface area (Å²) in [6.45, 7) is 2.85. The summed E-state index contributed by atoms with van der Waals surface area (Å²) in [7, 11) is 1.93. The molecule has 2 aromatic heterocycles. The Bertz CT molecular complexity index is 1130. The molecule has 0 unspecified atom stereocenters. The largest absolute Gasteiger partial charge is 0.512 e. The number of carbonyl (C=O) groups excluding carboxylic acids is 1. The zero-order valence-electron chi connectivity index (χ0n) is 15.1. The summed E-state index contributed by atoms with van der Waals surface area (Å²) in [5, 5.41) is 10.4. The zero-order valence-corrected chi connectivity index (χ0v) is 17.5. The molecule has 1 N–H and O–H groups in total. The maximum absolute atomic E-state index is 10.0. The molecule has 0 amide bonds. The van der Waals surface area contributed by atoms with Crippen LogP contribution in [0.4, 0.5) is 5.69 Å². The minimum Gasteiger partial charge on any atom is -0.512 e. The van der Waals surface area contributed by atoms with Crippen LogP contribution in [0.2, 0.25) is 0 Å². The van der Waals surface area contributed by atoms with E-state index < -0.39 is 0 Å². The van der Waals surface area contributed by atoms with Crippen LogP contribution >= 0.6 is 0 Å². The van der Waals surface area contributed by atoms with E-state index >= 15 is 0 Å². The average Bonchev–Trinajstić information content (AvgIpc) is 3.16. The predicted molar refractivity (Wildman–Crippen MR) is 97.7 cm³/mol. The Morgan fingerprint density at radius 1 is 1.33 bits per heavy atom. The Balaban J connectivity index is 0.000000285. The number of rotatable bonds is 2. The number of aliphatic hydroxyl groups excluding tert-OH is 1. The second kappa shape index (κ2) is 8.69. The van der Waals surface area contributed by atoms with E-state index in [0.29, 0.717) is 5.71 Å². The number of hydrogen-bond donors (Lipinski definition) is 1. The first kappa shape index (κ1) is 20.5. The fourth-order valence-electron chi connectivity index (χ4n) is 2.51. The molecule has 6 nitrogen and oxygen atoms in total. The van der Waals surface area contributed by atoms with Crippen LogP contribution in [-0.2, 0) is 24.9 Å². The molecule has 0 aliphatic carbocycles. The maximum atomic E-state index is 10.0. The number of carbonyl (C=O) groups is 1. The summed E-state index contributed by atoms with van der Waals surface area (Å²) < 4.78 is 9.49. The van der Waals surface area contributed by atoms with Crippen molar-refractivity contribution in [2.75, 3.05) is 7.05 Å². The topological polar surface area (TPSA) is 69.3 Å². The summed E-state index contributed by atoms with van der Waals surface area (Å²) in [4.78, 5) is 14.2. The van der Waals surface area contributed by atoms with E-state index in [-0.39, 0.29) is 31.6 Å². The third-order valence-electron chi connectivity index (χ3n) is 3.54. The Labute approximate surface area is 169 Å². The Morgan fingerprint density at radius 2 is 2.11 bits per heavy atom. The van der Waals surface area contributed by atoms with Gasteiger partial charge < -0.3 is 9.52 Å². The van der Waals surface area contributed by atoms with Crippen LogP contribution in [0.3, 0.4) is 0 Å². The molecule has 27 heavy (non-hydrogen) atoms. The quantitative estimate of drug-likeness (QED) is 0.233. The molecular weight excluding hydrogens is 522 g/mol. The molecular formula is C20H18IrN3O3+. The minimum absolute atomic E-state index is 0. The monoisotopic (exact) mass is 541 g/mol. The summed E-state index contributed by atoms with van der Waals surface area (Å²) >= 11 is 0. The smallest absolute Gasteiger partial charge is 0.493 e. The van der Waals surface area contributed by atoms with Gasteiger partial charge in [-0.1, -0.05) is 26.7 Å². The SMILES string of the molecule is CC(=O)/C=C(/C)O.C[N+]1=C=[N+](c2[c-]cc3c(c2)oc2ncccc23)C=C1.[Ir]. The van der Waals surface area contributed by atoms with Gasteiger partial charge in [-0.25, -0.2) is 4.98 Å². The van der Waals surface area contributed by atoms with Crippen LogP contribution in [-0.4, -0.2) is 38.1 Å². The van der Waals surface area contributed by atoms with Gasteiger partial charge in [0, 0.05) is 38.0 Å². The number of allylic oxidation sites excluding steroid dienone is 2. The van der Waals surface area contributed by atoms with Crippen molar-refractivity contribution in [3.8, 4) is 0 Å². The van der Waals surface area contributed by atoms with E-state index in [2.05, 4.69) is 17.1 Å². The van der Waals surface area contributed by atoms with Crippen molar-refractivity contribution < 1.29 is 43.6 Å². The average molecular weight is 541 g/mol. The molecule has 7 heteroatoms. The molecule has 4 rings (SSSR count). The van der Waals surface area contributed by atoms with Crippen molar-refractivity contribution in [3.63, 3.8) is 0 Å². The zero-order chi connectivity index (χ0) is 18.7. The van der Waals surface area contributed by atoms with Crippen LogP contribution < -0.4 is 0 Å². The number of aliphatic hydroxyl groups is 1. The van der Waals surface area contributed by atoms with Gasteiger partial charge in [0.15, 0.2) is 12.8 Å². The normalized spacial score (nSPS) is 12.9. The molecule has 3 heterocycles. The summed E-state index contributed by atoms with van der Waals surface area (Å²) in [6.07, 6.45) is 6.76. The third-order valence-corrected chi connectivity index (χ3v) is 3.54. The van der Waals surface area contributed by atoms with Gasteiger partial charge >= 0.3 is 6.01 Å². The van der Waals surface area contributed by atoms with Crippen LogP contribution in [0.15, 0.2) is 59.1 Å². The summed E-state index contributed by atoms with van der Waals surface area (Å²) in [5.74, 6) is -0.0625. The van der Waals surface area contributed by atoms with Gasteiger partial charge in [-0.15, -0.1) is 6.07 Å². The second-order valence-corrected chi connectivity index (χ2v) is 5.83. The number of fused-ring (bicyclic) bond motifs is 3. The first-order valence-electron chi connectivity index (χ1n) is 7.97. The number of pyridine rings is 1. The van der Waals surface area contributed by atoms with E-state index in [1.807, 2.05) is 52.9 Å². The minimum atomic E-state index is -0.125. The van der Waals surface area contributed by atoms with Crippen molar-refractivity contribution >= 4 is 39.5 Å². The van der Waals surface area contributed by atoms with Crippen LogP contribution in [0.1, 0.15) is 13.8 Å². The standard InChI is InChI=1S/C15H10N3O.C5H8O2.Ir/c1-17-7-8-18(10-17)11-4-5-12-13-3-2-6-16-15(13)19-14(12)9-11;1-4(6)3-5(2)7;/h2-3,5-9H,1H3;3,6H,1-2H3;/q+1;;/b;4-3-;. The van der Waals surface area contributed by atoms with Gasteiger partial charge in [0.05, 0.1) is 5.76 Å². The molecule has 1 radical (unpaired) electrons. The van der Waals surface area contributed by atoms with Gasteiger partial charge in [0.1, 0.15) is 5.69 Å². The number of furan rings is 1. The first-order chi connectivity index (χ1) is 12.4. The van der Waals surface area contributed by atoms with Crippen molar-refractivity contribution in [1.82, 2.24) is 4.98 Å². The summed E-state index contributed by atoms with van der Waals surface area (Å²) in [6, 6.07) is 14.2. The third kappa shape index (κ3) is 4.86. The number of benzene rings is 1. The number of nitrogens with zero attached hydrogens (tertiary/aromatic N) is 3. The van der Waals surface area contributed by atoms with E-state index in [1.165, 1.54) is 19.9 Å². The number of aromatic nitrogens is 1. The van der Waals surface area contributed by atoms with Crippen molar-refractivity contribution in [3.05, 3.63) is 60.8 Å². The van der Waals surface area contributed by atoms with E-state index in [9.17, 15) is 4.79 Å².